The number of rotatable bonds is 8. The van der Waals surface area contributed by atoms with Gasteiger partial charge in [0.1, 0.15) is 17.3 Å². The van der Waals surface area contributed by atoms with Crippen LogP contribution in [-0.4, -0.2) is 21.6 Å². The fourth-order valence-corrected chi connectivity index (χ4v) is 4.14. The van der Waals surface area contributed by atoms with Gasteiger partial charge in [0, 0.05) is 23.7 Å². The van der Waals surface area contributed by atoms with Gasteiger partial charge in [-0.05, 0) is 61.6 Å². The number of unbranched alkanes of at least 4 members (excludes halogenated alkanes) is 1. The molecular weight excluding hydrogens is 406 g/mol. The Hall–Kier alpha value is -3.00. The fraction of sp³-hybridized carbons (Fsp3) is 0.273. The number of pyridine rings is 1. The Kier molecular flexibility index (Phi) is 6.23. The molecule has 0 aliphatic carbocycles. The molecule has 0 saturated carbocycles. The summed E-state index contributed by atoms with van der Waals surface area (Å²) in [5, 5.41) is 5.25. The number of nitrogens with one attached hydrogen (secondary N) is 1. The van der Waals surface area contributed by atoms with Crippen molar-refractivity contribution in [1.29, 1.82) is 0 Å². The lowest BCUT2D eigenvalue weighted by Gasteiger charge is -2.03. The molecule has 1 N–H and O–H groups in total. The first-order valence-electron chi connectivity index (χ1n) is 9.75. The maximum atomic E-state index is 13.6. The smallest absolute Gasteiger partial charge is 0.271 e. The van der Waals surface area contributed by atoms with E-state index in [1.807, 2.05) is 0 Å². The Bertz CT molecular complexity index is 1100. The van der Waals surface area contributed by atoms with E-state index in [1.54, 1.807) is 17.5 Å². The standard InChI is InChI=1S/C22H20F2N4OS/c23-15-7-8-18-14(10-15)11-16(27-18)4-1-2-6-21-28-20(13-30-21)22(29)26-12-19-17(24)5-3-9-25-19/h3,5,7-10,13H,1-2,4,6,11-12H2,(H,26,29). The summed E-state index contributed by atoms with van der Waals surface area (Å²) in [5.41, 5.74) is 3.43. The highest BCUT2D eigenvalue weighted by atomic mass is 32.1. The molecule has 0 fully saturated rings. The number of halogens is 2. The molecule has 4 rings (SSSR count). The van der Waals surface area contributed by atoms with Crippen LogP contribution in [-0.2, 0) is 19.4 Å². The molecule has 8 heteroatoms. The molecule has 30 heavy (non-hydrogen) atoms. The molecule has 0 bridgehead atoms. The topological polar surface area (TPSA) is 67.2 Å². The lowest BCUT2D eigenvalue weighted by Crippen LogP contribution is -2.24. The van der Waals surface area contributed by atoms with Crippen molar-refractivity contribution in [1.82, 2.24) is 15.3 Å². The number of aryl methyl sites for hydroxylation is 1. The van der Waals surface area contributed by atoms with Crippen LogP contribution in [0, 0.1) is 11.6 Å². The quantitative estimate of drug-likeness (QED) is 0.527. The van der Waals surface area contributed by atoms with E-state index in [-0.39, 0.29) is 24.0 Å². The van der Waals surface area contributed by atoms with E-state index in [1.165, 1.54) is 35.7 Å². The monoisotopic (exact) mass is 426 g/mol. The minimum atomic E-state index is -0.447. The van der Waals surface area contributed by atoms with Crippen molar-refractivity contribution >= 4 is 28.6 Å². The van der Waals surface area contributed by atoms with Gasteiger partial charge < -0.3 is 5.32 Å². The van der Waals surface area contributed by atoms with Crippen LogP contribution in [0.5, 0.6) is 0 Å². The van der Waals surface area contributed by atoms with Gasteiger partial charge >= 0.3 is 0 Å². The first-order chi connectivity index (χ1) is 14.6. The normalized spacial score (nSPS) is 12.5. The number of fused-ring (bicyclic) bond motifs is 1. The number of aliphatic imine (C=N–C) groups is 1. The summed E-state index contributed by atoms with van der Waals surface area (Å²) in [4.78, 5) is 25.1. The second-order valence-electron chi connectivity index (χ2n) is 7.08. The van der Waals surface area contributed by atoms with E-state index in [0.717, 1.165) is 47.7 Å². The molecule has 1 aromatic carbocycles. The fourth-order valence-electron chi connectivity index (χ4n) is 3.32. The Labute approximate surface area is 176 Å². The molecule has 1 amide bonds. The molecule has 3 heterocycles. The van der Waals surface area contributed by atoms with Crippen LogP contribution in [0.4, 0.5) is 14.5 Å². The van der Waals surface area contributed by atoms with E-state index in [9.17, 15) is 13.6 Å². The minimum absolute atomic E-state index is 0.0206. The number of amides is 1. The number of carbonyl (C=O) groups excluding carboxylic acids is 1. The molecule has 0 spiro atoms. The second-order valence-corrected chi connectivity index (χ2v) is 8.02. The molecule has 3 aromatic rings. The first-order valence-corrected chi connectivity index (χ1v) is 10.6. The number of hydrogen-bond acceptors (Lipinski definition) is 5. The van der Waals surface area contributed by atoms with Crippen LogP contribution in [0.2, 0.25) is 0 Å². The third kappa shape index (κ3) is 4.94. The van der Waals surface area contributed by atoms with Gasteiger partial charge in [0.05, 0.1) is 22.9 Å². The second kappa shape index (κ2) is 9.21. The highest BCUT2D eigenvalue weighted by Crippen LogP contribution is 2.28. The number of aromatic nitrogens is 2. The van der Waals surface area contributed by atoms with E-state index >= 15 is 0 Å². The number of nitrogens with zero attached hydrogens (tertiary/aromatic N) is 3. The van der Waals surface area contributed by atoms with Crippen LogP contribution in [0.15, 0.2) is 46.9 Å². The van der Waals surface area contributed by atoms with Crippen molar-refractivity contribution in [3.63, 3.8) is 0 Å². The average molecular weight is 426 g/mol. The van der Waals surface area contributed by atoms with Gasteiger partial charge in [-0.1, -0.05) is 0 Å². The number of hydrogen-bond donors (Lipinski definition) is 1. The van der Waals surface area contributed by atoms with E-state index < -0.39 is 5.82 Å². The van der Waals surface area contributed by atoms with Crippen LogP contribution >= 0.6 is 11.3 Å². The predicted molar refractivity (Wildman–Crippen MR) is 112 cm³/mol. The highest BCUT2D eigenvalue weighted by molar-refractivity contribution is 7.09. The van der Waals surface area contributed by atoms with Crippen molar-refractivity contribution in [3.05, 3.63) is 75.5 Å². The van der Waals surface area contributed by atoms with Crippen molar-refractivity contribution in [2.45, 2.75) is 38.6 Å². The van der Waals surface area contributed by atoms with Gasteiger partial charge in [0.15, 0.2) is 0 Å². The van der Waals surface area contributed by atoms with Crippen molar-refractivity contribution < 1.29 is 13.6 Å². The summed E-state index contributed by atoms with van der Waals surface area (Å²) in [5.74, 6) is -1.01. The van der Waals surface area contributed by atoms with Crippen molar-refractivity contribution in [2.75, 3.05) is 0 Å². The Morgan fingerprint density at radius 1 is 1.17 bits per heavy atom. The zero-order chi connectivity index (χ0) is 20.9. The minimum Gasteiger partial charge on any atom is -0.345 e. The lowest BCUT2D eigenvalue weighted by atomic mass is 10.1. The first kappa shape index (κ1) is 20.3. The summed E-state index contributed by atoms with van der Waals surface area (Å²) in [6.07, 6.45) is 5.73. The maximum Gasteiger partial charge on any atom is 0.271 e. The molecule has 0 radical (unpaired) electrons. The third-order valence-corrected chi connectivity index (χ3v) is 5.76. The molecule has 0 atom stereocenters. The summed E-state index contributed by atoms with van der Waals surface area (Å²) < 4.78 is 26.9. The largest absolute Gasteiger partial charge is 0.345 e. The zero-order valence-electron chi connectivity index (χ0n) is 16.2. The van der Waals surface area contributed by atoms with Crippen LogP contribution in [0.1, 0.15) is 46.0 Å². The van der Waals surface area contributed by atoms with Gasteiger partial charge in [-0.2, -0.15) is 0 Å². The van der Waals surface area contributed by atoms with Gasteiger partial charge in [-0.25, -0.2) is 13.8 Å². The molecule has 1 aliphatic heterocycles. The number of carbonyl (C=O) groups is 1. The summed E-state index contributed by atoms with van der Waals surface area (Å²) in [7, 11) is 0. The SMILES string of the molecule is O=C(NCc1ncccc1F)c1csc(CCCCC2=Nc3ccc(F)cc3C2)n1. The Balaban J connectivity index is 1.20. The van der Waals surface area contributed by atoms with Gasteiger partial charge in [0.2, 0.25) is 0 Å². The van der Waals surface area contributed by atoms with E-state index in [2.05, 4.69) is 20.3 Å². The van der Waals surface area contributed by atoms with Gasteiger partial charge in [-0.15, -0.1) is 11.3 Å². The average Bonchev–Trinajstić information content (AvgIpc) is 3.37. The van der Waals surface area contributed by atoms with Gasteiger partial charge in [0.25, 0.3) is 5.91 Å². The predicted octanol–water partition coefficient (Wildman–Crippen LogP) is 4.79. The summed E-state index contributed by atoms with van der Waals surface area (Å²) in [6, 6.07) is 7.53. The molecular formula is C22H20F2N4OS. The Morgan fingerprint density at radius 2 is 2.03 bits per heavy atom. The molecule has 0 saturated heterocycles. The van der Waals surface area contributed by atoms with Crippen molar-refractivity contribution in [3.8, 4) is 0 Å². The Morgan fingerprint density at radius 3 is 2.90 bits per heavy atom. The lowest BCUT2D eigenvalue weighted by molar-refractivity contribution is 0.0945. The van der Waals surface area contributed by atoms with Crippen LogP contribution < -0.4 is 5.32 Å². The third-order valence-electron chi connectivity index (χ3n) is 4.86. The number of benzene rings is 1. The molecule has 5 nitrogen and oxygen atoms in total. The highest BCUT2D eigenvalue weighted by Gasteiger charge is 2.15. The molecule has 154 valence electrons. The summed E-state index contributed by atoms with van der Waals surface area (Å²) in [6.45, 7) is 0.0206. The van der Waals surface area contributed by atoms with Crippen molar-refractivity contribution in [2.24, 2.45) is 4.99 Å². The zero-order valence-corrected chi connectivity index (χ0v) is 17.0. The number of thiazole rings is 1. The van der Waals surface area contributed by atoms with Gasteiger partial charge in [-0.3, -0.25) is 14.8 Å². The van der Waals surface area contributed by atoms with Crippen LogP contribution in [0.25, 0.3) is 0 Å². The molecule has 2 aromatic heterocycles. The molecule has 0 unspecified atom stereocenters. The van der Waals surface area contributed by atoms with Crippen LogP contribution in [0.3, 0.4) is 0 Å². The van der Waals surface area contributed by atoms with E-state index in [0.29, 0.717) is 12.1 Å². The summed E-state index contributed by atoms with van der Waals surface area (Å²) >= 11 is 1.44. The maximum absolute atomic E-state index is 13.6. The van der Waals surface area contributed by atoms with E-state index in [4.69, 9.17) is 0 Å². The molecule has 1 aliphatic rings.